The van der Waals surface area contributed by atoms with Gasteiger partial charge in [-0.15, -0.1) is 11.3 Å². The molecule has 5 heteroatoms. The monoisotopic (exact) mass is 733 g/mol. The van der Waals surface area contributed by atoms with E-state index < -0.39 is 0 Å². The number of thiophene rings is 1. The highest BCUT2D eigenvalue weighted by atomic mass is 32.1. The molecule has 262 valence electrons. The molecule has 0 bridgehead atoms. The van der Waals surface area contributed by atoms with E-state index >= 15 is 0 Å². The highest BCUT2D eigenvalue weighted by Gasteiger charge is 2.26. The molecule has 11 aromatic rings. The first-order chi connectivity index (χ1) is 27.7. The van der Waals surface area contributed by atoms with Crippen LogP contribution in [0.5, 0.6) is 0 Å². The molecular formula is C51H31N3OS. The van der Waals surface area contributed by atoms with Gasteiger partial charge in [-0.2, -0.15) is 0 Å². The third-order valence-corrected chi connectivity index (χ3v) is 12.5. The molecule has 56 heavy (non-hydrogen) atoms. The molecule has 0 aliphatic heterocycles. The second kappa shape index (κ2) is 12.3. The lowest BCUT2D eigenvalue weighted by Crippen LogP contribution is -2.06. The molecule has 8 aromatic carbocycles. The van der Waals surface area contributed by atoms with Gasteiger partial charge in [0.05, 0.1) is 0 Å². The van der Waals surface area contributed by atoms with Crippen molar-refractivity contribution in [3.63, 3.8) is 0 Å². The Morgan fingerprint density at radius 3 is 2.00 bits per heavy atom. The summed E-state index contributed by atoms with van der Waals surface area (Å²) in [7, 11) is 0. The summed E-state index contributed by atoms with van der Waals surface area (Å²) in [5.41, 5.74) is 7.22. The van der Waals surface area contributed by atoms with Crippen molar-refractivity contribution in [2.24, 2.45) is 0 Å². The van der Waals surface area contributed by atoms with E-state index in [4.69, 9.17) is 19.4 Å². The number of aromatic nitrogens is 3. The van der Waals surface area contributed by atoms with E-state index in [2.05, 4.69) is 146 Å². The number of nitrogens with zero attached hydrogens (tertiary/aromatic N) is 3. The first kappa shape index (κ1) is 31.4. The zero-order valence-electron chi connectivity index (χ0n) is 30.2. The zero-order chi connectivity index (χ0) is 36.7. The third-order valence-electron chi connectivity index (χ3n) is 11.4. The molecule has 4 nitrogen and oxygen atoms in total. The molecule has 0 fully saturated rings. The first-order valence-electron chi connectivity index (χ1n) is 19.1. The van der Waals surface area contributed by atoms with Gasteiger partial charge in [0.25, 0.3) is 0 Å². The smallest absolute Gasteiger partial charge is 0.164 e. The standard InChI is InChI=1S/C51H31N3OS/c1-2-13-30(14-3-1)49-52-50(54-51(53-49)42-27-31-15-4-5-16-33(31)34-17-6-7-18-35(34)42)40-22-12-23-43-47(40)38-26-25-32(28-44(38)55-43)41-29-46-48(37-20-9-8-19-36(37)41)39-21-10-11-24-45(39)56-46/h1-11,13-22,24-29H,12,23H2. The molecule has 0 spiro atoms. The number of benzene rings is 8. The van der Waals surface area contributed by atoms with Crippen molar-refractivity contribution in [3.05, 3.63) is 181 Å². The van der Waals surface area contributed by atoms with Gasteiger partial charge in [0, 0.05) is 54.2 Å². The Morgan fingerprint density at radius 2 is 1.14 bits per heavy atom. The van der Waals surface area contributed by atoms with Gasteiger partial charge in [-0.25, -0.2) is 15.0 Å². The summed E-state index contributed by atoms with van der Waals surface area (Å²) >= 11 is 1.86. The molecule has 3 heterocycles. The number of allylic oxidation sites excluding steroid dienone is 1. The molecule has 0 saturated heterocycles. The fourth-order valence-corrected chi connectivity index (χ4v) is 10.0. The Hall–Kier alpha value is -6.95. The van der Waals surface area contributed by atoms with Crippen molar-refractivity contribution >= 4 is 80.4 Å². The summed E-state index contributed by atoms with van der Waals surface area (Å²) in [6.45, 7) is 0. The number of rotatable bonds is 4. The topological polar surface area (TPSA) is 51.8 Å². The Balaban J connectivity index is 1.04. The van der Waals surface area contributed by atoms with Crippen LogP contribution in [0.4, 0.5) is 0 Å². The van der Waals surface area contributed by atoms with E-state index in [0.29, 0.717) is 17.5 Å². The number of aryl methyl sites for hydroxylation is 1. The van der Waals surface area contributed by atoms with Gasteiger partial charge >= 0.3 is 0 Å². The average Bonchev–Trinajstić information content (AvgIpc) is 3.84. The number of hydrogen-bond acceptors (Lipinski definition) is 5. The molecule has 12 rings (SSSR count). The second-order valence-corrected chi connectivity index (χ2v) is 15.7. The van der Waals surface area contributed by atoms with E-state index in [1.54, 1.807) is 0 Å². The average molecular weight is 734 g/mol. The minimum absolute atomic E-state index is 0.648. The van der Waals surface area contributed by atoms with Gasteiger partial charge in [0.1, 0.15) is 11.3 Å². The van der Waals surface area contributed by atoms with Crippen LogP contribution in [0, 0.1) is 0 Å². The maximum absolute atomic E-state index is 6.78. The van der Waals surface area contributed by atoms with Crippen LogP contribution in [0.25, 0.3) is 103 Å². The van der Waals surface area contributed by atoms with Crippen LogP contribution in [0.1, 0.15) is 23.6 Å². The second-order valence-electron chi connectivity index (χ2n) is 14.6. The lowest BCUT2D eigenvalue weighted by Gasteiger charge is -2.15. The lowest BCUT2D eigenvalue weighted by molar-refractivity contribution is 0.545. The van der Waals surface area contributed by atoms with Crippen molar-refractivity contribution in [1.29, 1.82) is 0 Å². The van der Waals surface area contributed by atoms with Gasteiger partial charge in [0.2, 0.25) is 0 Å². The number of furan rings is 1. The molecule has 1 aliphatic carbocycles. The summed E-state index contributed by atoms with van der Waals surface area (Å²) in [6, 6.07) is 56.1. The van der Waals surface area contributed by atoms with Crippen molar-refractivity contribution < 1.29 is 4.42 Å². The fraction of sp³-hybridized carbons (Fsp3) is 0.0392. The van der Waals surface area contributed by atoms with Crippen LogP contribution in [-0.4, -0.2) is 15.0 Å². The Bertz CT molecular complexity index is 3430. The van der Waals surface area contributed by atoms with E-state index in [-0.39, 0.29) is 0 Å². The van der Waals surface area contributed by atoms with Gasteiger partial charge in [-0.05, 0) is 80.2 Å². The zero-order valence-corrected chi connectivity index (χ0v) is 31.0. The first-order valence-corrected chi connectivity index (χ1v) is 19.9. The minimum atomic E-state index is 0.648. The van der Waals surface area contributed by atoms with Crippen molar-refractivity contribution in [3.8, 4) is 33.9 Å². The van der Waals surface area contributed by atoms with Crippen LogP contribution in [0.2, 0.25) is 0 Å². The molecule has 0 radical (unpaired) electrons. The van der Waals surface area contributed by atoms with Crippen LogP contribution >= 0.6 is 11.3 Å². The predicted molar refractivity (Wildman–Crippen MR) is 233 cm³/mol. The van der Waals surface area contributed by atoms with Crippen LogP contribution in [-0.2, 0) is 6.42 Å². The number of fused-ring (bicyclic) bond motifs is 11. The van der Waals surface area contributed by atoms with E-state index in [0.717, 1.165) is 68.2 Å². The van der Waals surface area contributed by atoms with Gasteiger partial charge in [-0.3, -0.25) is 0 Å². The summed E-state index contributed by atoms with van der Waals surface area (Å²) in [4.78, 5) is 15.7. The van der Waals surface area contributed by atoms with E-state index in [1.807, 2.05) is 29.5 Å². The van der Waals surface area contributed by atoms with Gasteiger partial charge in [0.15, 0.2) is 17.5 Å². The maximum Gasteiger partial charge on any atom is 0.164 e. The van der Waals surface area contributed by atoms with Crippen molar-refractivity contribution in [1.82, 2.24) is 15.0 Å². The van der Waals surface area contributed by atoms with Crippen molar-refractivity contribution in [2.75, 3.05) is 0 Å². The Kier molecular flexibility index (Phi) is 6.89. The van der Waals surface area contributed by atoms with Crippen LogP contribution < -0.4 is 0 Å². The molecule has 1 aliphatic rings. The minimum Gasteiger partial charge on any atom is -0.460 e. The molecule has 0 N–H and O–H groups in total. The van der Waals surface area contributed by atoms with Gasteiger partial charge in [-0.1, -0.05) is 133 Å². The molecular weight excluding hydrogens is 703 g/mol. The van der Waals surface area contributed by atoms with E-state index in [1.165, 1.54) is 47.3 Å². The molecule has 0 unspecified atom stereocenters. The Morgan fingerprint density at radius 1 is 0.464 bits per heavy atom. The molecule has 0 saturated carbocycles. The normalized spacial score (nSPS) is 13.0. The quantitative estimate of drug-likeness (QED) is 0.169. The molecule has 0 amide bonds. The fourth-order valence-electron chi connectivity index (χ4n) is 8.84. The predicted octanol–water partition coefficient (Wildman–Crippen LogP) is 13.8. The molecule has 0 atom stereocenters. The van der Waals surface area contributed by atoms with Crippen LogP contribution in [0.15, 0.2) is 168 Å². The Labute approximate surface area is 326 Å². The van der Waals surface area contributed by atoms with Gasteiger partial charge < -0.3 is 4.42 Å². The summed E-state index contributed by atoms with van der Waals surface area (Å²) in [5, 5.41) is 10.9. The van der Waals surface area contributed by atoms with Crippen molar-refractivity contribution in [2.45, 2.75) is 12.8 Å². The highest BCUT2D eigenvalue weighted by molar-refractivity contribution is 7.26. The maximum atomic E-state index is 6.78. The van der Waals surface area contributed by atoms with E-state index in [9.17, 15) is 0 Å². The highest BCUT2D eigenvalue weighted by Crippen LogP contribution is 2.45. The summed E-state index contributed by atoms with van der Waals surface area (Å²) in [6.07, 6.45) is 3.93. The number of hydrogen-bond donors (Lipinski definition) is 0. The third kappa shape index (κ3) is 4.81. The summed E-state index contributed by atoms with van der Waals surface area (Å²) < 4.78 is 9.38. The lowest BCUT2D eigenvalue weighted by atomic mass is 9.91. The summed E-state index contributed by atoms with van der Waals surface area (Å²) in [5.74, 6) is 2.93. The largest absolute Gasteiger partial charge is 0.460 e. The SMILES string of the molecule is C1=C(c2nc(-c3ccccc3)nc(-c3cc4ccccc4c4ccccc34)n2)c2c(oc3cc(-c4cc5sc6ccccc6c5c5ccccc45)ccc23)CC1. The van der Waals surface area contributed by atoms with Crippen LogP contribution in [0.3, 0.4) is 0 Å². The molecule has 3 aromatic heterocycles.